The van der Waals surface area contributed by atoms with Crippen LogP contribution < -0.4 is 15.4 Å². The maximum absolute atomic E-state index is 13.0. The van der Waals surface area contributed by atoms with Gasteiger partial charge in [-0.25, -0.2) is 0 Å². The van der Waals surface area contributed by atoms with E-state index < -0.39 is 0 Å². The van der Waals surface area contributed by atoms with E-state index in [1.807, 2.05) is 0 Å². The lowest BCUT2D eigenvalue weighted by Gasteiger charge is -2.15. The van der Waals surface area contributed by atoms with Gasteiger partial charge in [0.05, 0.1) is 11.7 Å². The first kappa shape index (κ1) is 21.2. The zero-order valence-corrected chi connectivity index (χ0v) is 18.2. The molecule has 6 nitrogen and oxygen atoms in total. The molecule has 1 aliphatic carbocycles. The molecule has 1 atom stereocenters. The predicted octanol–water partition coefficient (Wildman–Crippen LogP) is 4.21. The number of aryl methyl sites for hydroxylation is 1. The number of amides is 2. The molecule has 2 amide bonds. The van der Waals surface area contributed by atoms with Crippen molar-refractivity contribution in [2.24, 2.45) is 0 Å². The number of ether oxygens (including phenoxy) is 2. The van der Waals surface area contributed by atoms with E-state index >= 15 is 0 Å². The lowest BCUT2D eigenvalue weighted by molar-refractivity contribution is -0.118. The van der Waals surface area contributed by atoms with Crippen molar-refractivity contribution >= 4 is 39.8 Å². The van der Waals surface area contributed by atoms with Gasteiger partial charge in [-0.2, -0.15) is 0 Å². The predicted molar refractivity (Wildman–Crippen MR) is 118 cm³/mol. The van der Waals surface area contributed by atoms with Gasteiger partial charge in [0, 0.05) is 23.1 Å². The Morgan fingerprint density at radius 3 is 2.73 bits per heavy atom. The molecule has 1 aromatic carbocycles. The molecule has 0 saturated carbocycles. The van der Waals surface area contributed by atoms with Crippen LogP contribution in [0.25, 0.3) is 0 Å². The molecule has 0 spiro atoms. The third kappa shape index (κ3) is 5.14. The molecule has 1 saturated heterocycles. The number of benzene rings is 1. The number of hydrogen-bond donors (Lipinski definition) is 2. The van der Waals surface area contributed by atoms with Crippen molar-refractivity contribution in [2.45, 2.75) is 44.6 Å². The lowest BCUT2D eigenvalue weighted by Crippen LogP contribution is -2.33. The maximum Gasteiger partial charge on any atom is 0.262 e. The fourth-order valence-corrected chi connectivity index (χ4v) is 5.27. The fraction of sp³-hybridized carbons (Fsp3) is 0.455. The number of anilines is 1. The second-order valence-electron chi connectivity index (χ2n) is 7.55. The van der Waals surface area contributed by atoms with Gasteiger partial charge >= 0.3 is 0 Å². The molecule has 2 aromatic rings. The summed E-state index contributed by atoms with van der Waals surface area (Å²) in [5.74, 6) is 0.130. The minimum atomic E-state index is -0.295. The van der Waals surface area contributed by atoms with Gasteiger partial charge < -0.3 is 20.1 Å². The Balaban J connectivity index is 1.43. The third-order valence-electron chi connectivity index (χ3n) is 5.35. The van der Waals surface area contributed by atoms with Gasteiger partial charge in [-0.3, -0.25) is 9.59 Å². The Hall–Kier alpha value is -2.09. The molecule has 2 N–H and O–H groups in total. The largest absolute Gasteiger partial charge is 0.484 e. The monoisotopic (exact) mass is 448 g/mol. The summed E-state index contributed by atoms with van der Waals surface area (Å²) in [4.78, 5) is 26.7. The summed E-state index contributed by atoms with van der Waals surface area (Å²) in [6, 6.07) is 6.84. The molecular formula is C22H25ClN2O4S. The van der Waals surface area contributed by atoms with Crippen LogP contribution in [0.4, 0.5) is 5.00 Å². The van der Waals surface area contributed by atoms with Gasteiger partial charge in [0.25, 0.3) is 11.8 Å². The van der Waals surface area contributed by atoms with E-state index in [1.54, 1.807) is 24.3 Å². The number of carbonyl (C=O) groups excluding carboxylic acids is 2. The molecule has 1 aromatic heterocycles. The van der Waals surface area contributed by atoms with Gasteiger partial charge in [0.1, 0.15) is 10.8 Å². The smallest absolute Gasteiger partial charge is 0.262 e. The molecule has 1 fully saturated rings. The van der Waals surface area contributed by atoms with E-state index in [0.29, 0.717) is 27.9 Å². The highest BCUT2D eigenvalue weighted by Gasteiger charge is 2.27. The van der Waals surface area contributed by atoms with Crippen LogP contribution in [0.3, 0.4) is 0 Å². The van der Waals surface area contributed by atoms with Gasteiger partial charge in [-0.15, -0.1) is 11.3 Å². The third-order valence-corrected chi connectivity index (χ3v) is 6.81. The summed E-state index contributed by atoms with van der Waals surface area (Å²) in [5.41, 5.74) is 1.68. The Kier molecular flexibility index (Phi) is 6.92. The first-order chi connectivity index (χ1) is 14.6. The van der Waals surface area contributed by atoms with Crippen LogP contribution in [0, 0.1) is 0 Å². The summed E-state index contributed by atoms with van der Waals surface area (Å²) in [5, 5.41) is 7.11. The van der Waals surface area contributed by atoms with E-state index in [2.05, 4.69) is 10.6 Å². The van der Waals surface area contributed by atoms with Crippen molar-refractivity contribution in [3.05, 3.63) is 45.3 Å². The van der Waals surface area contributed by atoms with Crippen molar-refractivity contribution in [3.8, 4) is 5.75 Å². The number of hydrogen-bond acceptors (Lipinski definition) is 5. The van der Waals surface area contributed by atoms with E-state index in [1.165, 1.54) is 16.2 Å². The highest BCUT2D eigenvalue weighted by molar-refractivity contribution is 7.17. The molecule has 1 aliphatic heterocycles. The summed E-state index contributed by atoms with van der Waals surface area (Å²) in [7, 11) is 0. The molecule has 30 heavy (non-hydrogen) atoms. The van der Waals surface area contributed by atoms with Gasteiger partial charge in [0.15, 0.2) is 6.61 Å². The topological polar surface area (TPSA) is 76.7 Å². The van der Waals surface area contributed by atoms with E-state index in [0.717, 1.165) is 50.7 Å². The van der Waals surface area contributed by atoms with E-state index in [-0.39, 0.29) is 24.5 Å². The zero-order chi connectivity index (χ0) is 20.9. The Morgan fingerprint density at radius 2 is 1.97 bits per heavy atom. The number of fused-ring (bicyclic) bond motifs is 1. The number of rotatable bonds is 7. The van der Waals surface area contributed by atoms with E-state index in [9.17, 15) is 9.59 Å². The first-order valence-corrected chi connectivity index (χ1v) is 11.5. The summed E-state index contributed by atoms with van der Waals surface area (Å²) >= 11 is 7.37. The molecule has 0 bridgehead atoms. The summed E-state index contributed by atoms with van der Waals surface area (Å²) in [6.07, 6.45) is 6.06. The normalized spacial score (nSPS) is 18.0. The highest BCUT2D eigenvalue weighted by Crippen LogP contribution is 2.38. The average molecular weight is 449 g/mol. The van der Waals surface area contributed by atoms with Gasteiger partial charge in [-0.1, -0.05) is 11.6 Å². The Labute approximate surface area is 184 Å². The molecule has 2 heterocycles. The van der Waals surface area contributed by atoms with Crippen molar-refractivity contribution in [1.82, 2.24) is 5.32 Å². The molecule has 2 aliphatic rings. The van der Waals surface area contributed by atoms with Crippen LogP contribution in [-0.2, 0) is 22.4 Å². The van der Waals surface area contributed by atoms with Crippen molar-refractivity contribution in [1.29, 1.82) is 0 Å². The first-order valence-electron chi connectivity index (χ1n) is 10.3. The molecular weight excluding hydrogens is 424 g/mol. The molecule has 4 rings (SSSR count). The van der Waals surface area contributed by atoms with Crippen LogP contribution in [-0.4, -0.2) is 37.7 Å². The summed E-state index contributed by atoms with van der Waals surface area (Å²) in [6.45, 7) is 1.11. The molecule has 8 heteroatoms. The number of thiophene rings is 1. The zero-order valence-electron chi connectivity index (χ0n) is 16.7. The lowest BCUT2D eigenvalue weighted by atomic mass is 9.95. The van der Waals surface area contributed by atoms with Crippen LogP contribution in [0.2, 0.25) is 5.02 Å². The number of halogens is 1. The van der Waals surface area contributed by atoms with Crippen LogP contribution >= 0.6 is 22.9 Å². The number of carbonyl (C=O) groups is 2. The maximum atomic E-state index is 13.0. The standard InChI is InChI=1S/C22H25ClN2O4S/c23-14-7-9-15(10-8-14)29-13-19(26)25-22-20(17-5-1-2-6-18(17)30-22)21(27)24-12-16-4-3-11-28-16/h7-10,16H,1-6,11-13H2,(H,24,27)(H,25,26). The van der Waals surface area contributed by atoms with Crippen LogP contribution in [0.15, 0.2) is 24.3 Å². The van der Waals surface area contributed by atoms with E-state index in [4.69, 9.17) is 21.1 Å². The minimum absolute atomic E-state index is 0.0780. The van der Waals surface area contributed by atoms with Gasteiger partial charge in [0.2, 0.25) is 0 Å². The SMILES string of the molecule is O=C(COc1ccc(Cl)cc1)Nc1sc2c(c1C(=O)NCC1CCCO1)CCCC2. The highest BCUT2D eigenvalue weighted by atomic mass is 35.5. The Morgan fingerprint density at radius 1 is 1.17 bits per heavy atom. The van der Waals surface area contributed by atoms with Crippen LogP contribution in [0.5, 0.6) is 5.75 Å². The average Bonchev–Trinajstić information content (AvgIpc) is 3.39. The molecule has 160 valence electrons. The van der Waals surface area contributed by atoms with Crippen molar-refractivity contribution in [3.63, 3.8) is 0 Å². The van der Waals surface area contributed by atoms with Crippen molar-refractivity contribution in [2.75, 3.05) is 25.1 Å². The van der Waals surface area contributed by atoms with Gasteiger partial charge in [-0.05, 0) is 68.4 Å². The number of nitrogens with one attached hydrogen (secondary N) is 2. The quantitative estimate of drug-likeness (QED) is 0.665. The fourth-order valence-electron chi connectivity index (χ4n) is 3.84. The Bertz CT molecular complexity index is 907. The second kappa shape index (κ2) is 9.81. The van der Waals surface area contributed by atoms with Crippen molar-refractivity contribution < 1.29 is 19.1 Å². The second-order valence-corrected chi connectivity index (χ2v) is 9.09. The molecule has 0 radical (unpaired) electrons. The summed E-state index contributed by atoms with van der Waals surface area (Å²) < 4.78 is 11.1. The molecule has 1 unspecified atom stereocenters. The minimum Gasteiger partial charge on any atom is -0.484 e. The van der Waals surface area contributed by atoms with Crippen LogP contribution in [0.1, 0.15) is 46.5 Å².